The lowest BCUT2D eigenvalue weighted by atomic mass is 10.1. The highest BCUT2D eigenvalue weighted by atomic mass is 35.5. The molecule has 4 rings (SSSR count). The minimum absolute atomic E-state index is 0.506. The van der Waals surface area contributed by atoms with Crippen LogP contribution < -0.4 is 10.6 Å². The van der Waals surface area contributed by atoms with Crippen molar-refractivity contribution >= 4 is 23.4 Å². The van der Waals surface area contributed by atoms with Crippen molar-refractivity contribution < 1.29 is 0 Å². The Bertz CT molecular complexity index is 863. The van der Waals surface area contributed by atoms with E-state index in [0.717, 1.165) is 27.7 Å². The molecule has 1 heterocycles. The fraction of sp³-hybridized carbons (Fsp3) is 0.200. The van der Waals surface area contributed by atoms with Gasteiger partial charge in [0.15, 0.2) is 0 Å². The highest BCUT2D eigenvalue weighted by molar-refractivity contribution is 6.30. The van der Waals surface area contributed by atoms with Crippen LogP contribution in [0.4, 0.5) is 11.8 Å². The van der Waals surface area contributed by atoms with Crippen LogP contribution in [0.2, 0.25) is 5.02 Å². The maximum atomic E-state index is 6.06. The third-order valence-electron chi connectivity index (χ3n) is 4.07. The first-order valence-corrected chi connectivity index (χ1v) is 8.83. The molecule has 3 aromatic rings. The van der Waals surface area contributed by atoms with Gasteiger partial charge in [0.25, 0.3) is 0 Å². The molecule has 1 aliphatic carbocycles. The van der Waals surface area contributed by atoms with E-state index in [1.807, 2.05) is 48.5 Å². The van der Waals surface area contributed by atoms with Gasteiger partial charge in [0, 0.05) is 29.2 Å². The highest BCUT2D eigenvalue weighted by Crippen LogP contribution is 2.26. The van der Waals surface area contributed by atoms with Crippen molar-refractivity contribution in [1.82, 2.24) is 9.97 Å². The smallest absolute Gasteiger partial charge is 0.225 e. The Morgan fingerprint density at radius 1 is 0.960 bits per heavy atom. The summed E-state index contributed by atoms with van der Waals surface area (Å²) < 4.78 is 0. The maximum Gasteiger partial charge on any atom is 0.225 e. The zero-order valence-electron chi connectivity index (χ0n) is 13.7. The number of aromatic nitrogens is 2. The molecule has 0 radical (unpaired) electrons. The van der Waals surface area contributed by atoms with E-state index in [2.05, 4.69) is 32.7 Å². The van der Waals surface area contributed by atoms with Crippen LogP contribution in [0.1, 0.15) is 18.4 Å². The first-order chi connectivity index (χ1) is 12.3. The number of anilines is 2. The normalized spacial score (nSPS) is 13.5. The molecule has 4 nitrogen and oxygen atoms in total. The van der Waals surface area contributed by atoms with Gasteiger partial charge in [-0.3, -0.25) is 0 Å². The van der Waals surface area contributed by atoms with Crippen LogP contribution in [0.5, 0.6) is 0 Å². The van der Waals surface area contributed by atoms with Crippen molar-refractivity contribution in [3.05, 3.63) is 71.2 Å². The van der Waals surface area contributed by atoms with E-state index in [9.17, 15) is 0 Å². The summed E-state index contributed by atoms with van der Waals surface area (Å²) in [5.41, 5.74) is 3.10. The first kappa shape index (κ1) is 15.9. The van der Waals surface area contributed by atoms with Crippen LogP contribution in [0.25, 0.3) is 11.3 Å². The summed E-state index contributed by atoms with van der Waals surface area (Å²) >= 11 is 6.06. The standard InChI is InChI=1S/C20H19ClN4/c21-16-8-4-5-14(11-16)13-22-19-12-18(15-6-2-1-3-7-15)24-20(25-19)23-17-9-10-17/h1-8,11-12,17H,9-10,13H2,(H2,22,23,24,25). The van der Waals surface area contributed by atoms with Crippen molar-refractivity contribution in [1.29, 1.82) is 0 Å². The number of halogens is 1. The fourth-order valence-electron chi connectivity index (χ4n) is 2.61. The van der Waals surface area contributed by atoms with Crippen molar-refractivity contribution in [3.8, 4) is 11.3 Å². The van der Waals surface area contributed by atoms with E-state index >= 15 is 0 Å². The highest BCUT2D eigenvalue weighted by Gasteiger charge is 2.22. The molecule has 0 aliphatic heterocycles. The number of rotatable bonds is 6. The van der Waals surface area contributed by atoms with Gasteiger partial charge in [0.1, 0.15) is 5.82 Å². The Kier molecular flexibility index (Phi) is 4.53. The van der Waals surface area contributed by atoms with Crippen molar-refractivity contribution in [2.24, 2.45) is 0 Å². The van der Waals surface area contributed by atoms with E-state index < -0.39 is 0 Å². The predicted molar refractivity (Wildman–Crippen MR) is 103 cm³/mol. The number of nitrogens with zero attached hydrogens (tertiary/aromatic N) is 2. The summed E-state index contributed by atoms with van der Waals surface area (Å²) in [7, 11) is 0. The average Bonchev–Trinajstić information content (AvgIpc) is 3.45. The summed E-state index contributed by atoms with van der Waals surface area (Å²) in [6, 6.07) is 20.5. The molecular formula is C20H19ClN4. The summed E-state index contributed by atoms with van der Waals surface area (Å²) in [5.74, 6) is 1.48. The fourth-order valence-corrected chi connectivity index (χ4v) is 2.82. The van der Waals surface area contributed by atoms with Crippen LogP contribution in [0.15, 0.2) is 60.7 Å². The lowest BCUT2D eigenvalue weighted by Crippen LogP contribution is -2.09. The molecule has 0 spiro atoms. The molecule has 1 aliphatic rings. The van der Waals surface area contributed by atoms with Gasteiger partial charge in [-0.25, -0.2) is 4.98 Å². The Hall–Kier alpha value is -2.59. The lowest BCUT2D eigenvalue weighted by molar-refractivity contribution is 1.04. The first-order valence-electron chi connectivity index (χ1n) is 8.46. The van der Waals surface area contributed by atoms with Crippen LogP contribution in [0.3, 0.4) is 0 Å². The average molecular weight is 351 g/mol. The number of hydrogen-bond acceptors (Lipinski definition) is 4. The zero-order valence-corrected chi connectivity index (χ0v) is 14.5. The second-order valence-electron chi connectivity index (χ2n) is 6.23. The van der Waals surface area contributed by atoms with Crippen LogP contribution >= 0.6 is 11.6 Å². The molecule has 0 saturated heterocycles. The summed E-state index contributed by atoms with van der Waals surface area (Å²) in [4.78, 5) is 9.28. The van der Waals surface area contributed by atoms with Crippen molar-refractivity contribution in [3.63, 3.8) is 0 Å². The van der Waals surface area contributed by atoms with Gasteiger partial charge < -0.3 is 10.6 Å². The lowest BCUT2D eigenvalue weighted by Gasteiger charge is -2.11. The van der Waals surface area contributed by atoms with E-state index in [-0.39, 0.29) is 0 Å². The molecule has 2 aromatic carbocycles. The van der Waals surface area contributed by atoms with Crippen LogP contribution in [0, 0.1) is 0 Å². The SMILES string of the molecule is Clc1cccc(CNc2cc(-c3ccccc3)nc(NC3CC3)n2)c1. The zero-order chi connectivity index (χ0) is 17.1. The van der Waals surface area contributed by atoms with E-state index in [4.69, 9.17) is 11.6 Å². The Morgan fingerprint density at radius 3 is 2.56 bits per heavy atom. The molecule has 25 heavy (non-hydrogen) atoms. The van der Waals surface area contributed by atoms with Gasteiger partial charge in [-0.15, -0.1) is 0 Å². The molecule has 1 fully saturated rings. The van der Waals surface area contributed by atoms with Crippen molar-refractivity contribution in [2.75, 3.05) is 10.6 Å². The van der Waals surface area contributed by atoms with Crippen LogP contribution in [-0.4, -0.2) is 16.0 Å². The second kappa shape index (κ2) is 7.11. The third kappa shape index (κ3) is 4.28. The molecule has 0 atom stereocenters. The van der Waals surface area contributed by atoms with E-state index in [1.54, 1.807) is 0 Å². The van der Waals surface area contributed by atoms with E-state index in [0.29, 0.717) is 18.5 Å². The van der Waals surface area contributed by atoms with Gasteiger partial charge >= 0.3 is 0 Å². The Balaban J connectivity index is 1.59. The third-order valence-corrected chi connectivity index (χ3v) is 4.30. The molecule has 0 unspecified atom stereocenters. The Labute approximate surface area is 152 Å². The maximum absolute atomic E-state index is 6.06. The second-order valence-corrected chi connectivity index (χ2v) is 6.67. The summed E-state index contributed by atoms with van der Waals surface area (Å²) in [6.45, 7) is 0.661. The minimum Gasteiger partial charge on any atom is -0.366 e. The van der Waals surface area contributed by atoms with Gasteiger partial charge in [0.05, 0.1) is 5.69 Å². The molecule has 1 saturated carbocycles. The van der Waals surface area contributed by atoms with Gasteiger partial charge in [-0.05, 0) is 30.5 Å². The van der Waals surface area contributed by atoms with Crippen molar-refractivity contribution in [2.45, 2.75) is 25.4 Å². The monoisotopic (exact) mass is 350 g/mol. The van der Waals surface area contributed by atoms with E-state index in [1.165, 1.54) is 12.8 Å². The van der Waals surface area contributed by atoms with Gasteiger partial charge in [-0.2, -0.15) is 4.98 Å². The largest absolute Gasteiger partial charge is 0.366 e. The number of benzene rings is 2. The molecule has 1 aromatic heterocycles. The molecule has 5 heteroatoms. The summed E-state index contributed by atoms with van der Waals surface area (Å²) in [6.07, 6.45) is 2.37. The number of hydrogen-bond donors (Lipinski definition) is 2. The summed E-state index contributed by atoms with van der Waals surface area (Å²) in [5, 5.41) is 7.51. The molecule has 0 amide bonds. The number of nitrogens with one attached hydrogen (secondary N) is 2. The molecular weight excluding hydrogens is 332 g/mol. The molecule has 2 N–H and O–H groups in total. The predicted octanol–water partition coefficient (Wildman–Crippen LogP) is 4.98. The van der Waals surface area contributed by atoms with Gasteiger partial charge in [-0.1, -0.05) is 54.1 Å². The molecule has 0 bridgehead atoms. The Morgan fingerprint density at radius 2 is 1.80 bits per heavy atom. The topological polar surface area (TPSA) is 49.8 Å². The minimum atomic E-state index is 0.506. The molecule has 126 valence electrons. The van der Waals surface area contributed by atoms with Gasteiger partial charge in [0.2, 0.25) is 5.95 Å². The van der Waals surface area contributed by atoms with Crippen LogP contribution in [-0.2, 0) is 6.54 Å². The quantitative estimate of drug-likeness (QED) is 0.658.